The zero-order chi connectivity index (χ0) is 19.1. The number of aromatic amines is 2. The molecule has 0 saturated carbocycles. The van der Waals surface area contributed by atoms with Crippen molar-refractivity contribution in [2.24, 2.45) is 7.05 Å². The lowest BCUT2D eigenvalue weighted by Gasteiger charge is -2.16. The van der Waals surface area contributed by atoms with E-state index in [4.69, 9.17) is 9.47 Å². The lowest BCUT2D eigenvalue weighted by Crippen LogP contribution is -2.06. The third-order valence-electron chi connectivity index (χ3n) is 4.82. The predicted octanol–water partition coefficient (Wildman–Crippen LogP) is 4.13. The first kappa shape index (κ1) is 17.8. The highest BCUT2D eigenvalue weighted by Gasteiger charge is 2.22. The molecule has 0 aliphatic carbocycles. The van der Waals surface area contributed by atoms with Gasteiger partial charge in [0, 0.05) is 36.6 Å². The predicted molar refractivity (Wildman–Crippen MR) is 101 cm³/mol. The highest BCUT2D eigenvalue weighted by Crippen LogP contribution is 2.31. The maximum atomic E-state index is 13.8. The number of aryl methyl sites for hydroxylation is 4. The summed E-state index contributed by atoms with van der Waals surface area (Å²) in [6.07, 6.45) is 3.49. The van der Waals surface area contributed by atoms with Gasteiger partial charge in [-0.2, -0.15) is 0 Å². The Morgan fingerprint density at radius 3 is 2.63 bits per heavy atom. The zero-order valence-electron chi connectivity index (χ0n) is 15.9. The van der Waals surface area contributed by atoms with Crippen LogP contribution in [0.15, 0.2) is 24.5 Å². The topological polar surface area (TPSA) is 67.9 Å². The van der Waals surface area contributed by atoms with Gasteiger partial charge in [-0.1, -0.05) is 0 Å². The minimum atomic E-state index is -0.359. The third kappa shape index (κ3) is 3.24. The van der Waals surface area contributed by atoms with E-state index >= 15 is 0 Å². The third-order valence-corrected chi connectivity index (χ3v) is 4.82. The highest BCUT2D eigenvalue weighted by molar-refractivity contribution is 5.91. The van der Waals surface area contributed by atoms with Gasteiger partial charge in [0.1, 0.15) is 5.82 Å². The van der Waals surface area contributed by atoms with Gasteiger partial charge in [0.15, 0.2) is 6.29 Å². The number of ether oxygens (including phenoxy) is 2. The van der Waals surface area contributed by atoms with Gasteiger partial charge >= 0.3 is 0 Å². The Balaban J connectivity index is 1.95. The minimum Gasteiger partial charge on any atom is -0.359 e. The van der Waals surface area contributed by atoms with Crippen LogP contribution in [0, 0.1) is 26.6 Å². The average molecular weight is 370 g/mol. The highest BCUT2D eigenvalue weighted by atomic mass is 19.1. The lowest BCUT2D eigenvalue weighted by atomic mass is 10.0. The number of fused-ring (bicyclic) bond motifs is 1. The van der Waals surface area contributed by atoms with Gasteiger partial charge in [-0.25, -0.2) is 9.37 Å². The molecule has 1 saturated heterocycles. The Bertz CT molecular complexity index is 1060. The second-order valence-corrected chi connectivity index (χ2v) is 6.92. The van der Waals surface area contributed by atoms with Gasteiger partial charge in [-0.15, -0.1) is 0 Å². The van der Waals surface area contributed by atoms with Crippen molar-refractivity contribution in [3.63, 3.8) is 0 Å². The molecule has 7 heteroatoms. The van der Waals surface area contributed by atoms with Crippen molar-refractivity contribution in [2.75, 3.05) is 13.2 Å². The van der Waals surface area contributed by atoms with Gasteiger partial charge < -0.3 is 14.5 Å². The lowest BCUT2D eigenvalue weighted by molar-refractivity contribution is -0.0449. The number of rotatable bonds is 2. The molecule has 0 aromatic carbocycles. The van der Waals surface area contributed by atoms with Crippen LogP contribution in [0.1, 0.15) is 28.7 Å². The molecule has 0 bridgehead atoms. The molecule has 0 atom stereocenters. The Morgan fingerprint density at radius 1 is 1.15 bits per heavy atom. The van der Waals surface area contributed by atoms with E-state index in [-0.39, 0.29) is 12.1 Å². The van der Waals surface area contributed by atoms with Crippen LogP contribution in [0.2, 0.25) is 0 Å². The van der Waals surface area contributed by atoms with Crippen molar-refractivity contribution < 1.29 is 13.9 Å². The fourth-order valence-electron chi connectivity index (χ4n) is 3.57. The number of aromatic nitrogens is 4. The minimum absolute atomic E-state index is 0.319. The van der Waals surface area contributed by atoms with Crippen LogP contribution in [0.4, 0.5) is 4.39 Å². The molecule has 1 aliphatic heterocycles. The molecule has 3 aromatic heterocycles. The van der Waals surface area contributed by atoms with E-state index in [0.717, 1.165) is 33.5 Å². The fourth-order valence-corrected chi connectivity index (χ4v) is 3.57. The van der Waals surface area contributed by atoms with Gasteiger partial charge in [-0.3, -0.25) is 9.78 Å². The van der Waals surface area contributed by atoms with E-state index in [2.05, 4.69) is 21.1 Å². The van der Waals surface area contributed by atoms with Crippen LogP contribution in [0.25, 0.3) is 22.3 Å². The van der Waals surface area contributed by atoms with Crippen LogP contribution in [0.5, 0.6) is 0 Å². The number of nitrogens with one attached hydrogen (secondary N) is 2. The quantitative estimate of drug-likeness (QED) is 0.713. The molecule has 6 nitrogen and oxygen atoms in total. The van der Waals surface area contributed by atoms with E-state index in [1.807, 2.05) is 38.0 Å². The summed E-state index contributed by atoms with van der Waals surface area (Å²) in [5, 5.41) is 3.37. The standard InChI is InChI=1S/C20H23FN4O2/c1-11-7-16(14-9-22-17-8-15(21)13(3)23-19(14)17)24-25(4)10-12(2)18(11)20-26-5-6-27-20/h7-10,20,22,24H,5-6H2,1-4H3. The molecule has 27 heavy (non-hydrogen) atoms. The van der Waals surface area contributed by atoms with Crippen LogP contribution in [-0.2, 0) is 16.5 Å². The molecule has 0 spiro atoms. The number of nitrogens with zero attached hydrogens (tertiary/aromatic N) is 2. The SMILES string of the molecule is Cc1cc(-c2c[nH]c3cc(F)c(C)nc23)[nH]n(C)cc(C)c1C1OCCO1. The molecule has 2 N–H and O–H groups in total. The molecule has 4 heterocycles. The Kier molecular flexibility index (Phi) is 4.49. The summed E-state index contributed by atoms with van der Waals surface area (Å²) in [4.78, 5) is 7.55. The smallest absolute Gasteiger partial charge is 0.184 e. The number of pyridine rings is 1. The van der Waals surface area contributed by atoms with Crippen molar-refractivity contribution in [2.45, 2.75) is 27.1 Å². The van der Waals surface area contributed by atoms with E-state index in [9.17, 15) is 4.39 Å². The van der Waals surface area contributed by atoms with E-state index in [0.29, 0.717) is 24.4 Å². The van der Waals surface area contributed by atoms with Crippen molar-refractivity contribution >= 4 is 11.0 Å². The van der Waals surface area contributed by atoms with Crippen LogP contribution in [-0.4, -0.2) is 33.0 Å². The van der Waals surface area contributed by atoms with Crippen LogP contribution < -0.4 is 0 Å². The maximum absolute atomic E-state index is 13.8. The molecule has 1 aliphatic rings. The molecule has 0 unspecified atom stereocenters. The van der Waals surface area contributed by atoms with Gasteiger partial charge in [0.05, 0.1) is 35.6 Å². The van der Waals surface area contributed by atoms with Crippen molar-refractivity contribution in [3.8, 4) is 11.3 Å². The number of hydrogen-bond acceptors (Lipinski definition) is 3. The Hall–Kier alpha value is -2.64. The number of H-pyrrole nitrogens is 2. The molecule has 142 valence electrons. The van der Waals surface area contributed by atoms with Crippen LogP contribution >= 0.6 is 0 Å². The summed E-state index contributed by atoms with van der Waals surface area (Å²) in [6, 6.07) is 3.53. The summed E-state index contributed by atoms with van der Waals surface area (Å²) in [5.41, 5.74) is 6.63. The summed E-state index contributed by atoms with van der Waals surface area (Å²) >= 11 is 0. The van der Waals surface area contributed by atoms with Crippen molar-refractivity contribution in [3.05, 3.63) is 52.7 Å². The Morgan fingerprint density at radius 2 is 1.89 bits per heavy atom. The first-order valence-electron chi connectivity index (χ1n) is 8.92. The van der Waals surface area contributed by atoms with Gasteiger partial charge in [-0.05, 0) is 38.0 Å². The number of hydrogen-bond donors (Lipinski definition) is 2. The van der Waals surface area contributed by atoms with Crippen molar-refractivity contribution in [1.29, 1.82) is 0 Å². The molecule has 1 fully saturated rings. The van der Waals surface area contributed by atoms with E-state index in [1.54, 1.807) is 6.92 Å². The number of halogens is 1. The molecular formula is C20H23FN4O2. The second kappa shape index (κ2) is 6.83. The molecular weight excluding hydrogens is 347 g/mol. The summed E-state index contributed by atoms with van der Waals surface area (Å²) < 4.78 is 27.2. The first-order valence-corrected chi connectivity index (χ1v) is 8.92. The zero-order valence-corrected chi connectivity index (χ0v) is 15.9. The first-order chi connectivity index (χ1) is 12.9. The molecule has 4 rings (SSSR count). The second-order valence-electron chi connectivity index (χ2n) is 6.92. The normalized spacial score (nSPS) is 14.9. The average Bonchev–Trinajstić information content (AvgIpc) is 3.24. The van der Waals surface area contributed by atoms with Gasteiger partial charge in [0.2, 0.25) is 0 Å². The van der Waals surface area contributed by atoms with Crippen molar-refractivity contribution in [1.82, 2.24) is 19.7 Å². The molecule has 0 amide bonds. The van der Waals surface area contributed by atoms with Gasteiger partial charge in [0.25, 0.3) is 0 Å². The molecule has 0 radical (unpaired) electrons. The Labute approximate surface area is 156 Å². The summed E-state index contributed by atoms with van der Waals surface area (Å²) in [7, 11) is 1.93. The fraction of sp³-hybridized carbons (Fsp3) is 0.350. The monoisotopic (exact) mass is 370 g/mol. The maximum Gasteiger partial charge on any atom is 0.184 e. The summed E-state index contributed by atoms with van der Waals surface area (Å²) in [5.74, 6) is -0.319. The molecule has 3 aromatic rings. The van der Waals surface area contributed by atoms with E-state index in [1.165, 1.54) is 6.07 Å². The van der Waals surface area contributed by atoms with Crippen LogP contribution in [0.3, 0.4) is 0 Å². The summed E-state index contributed by atoms with van der Waals surface area (Å²) in [6.45, 7) is 6.94. The largest absolute Gasteiger partial charge is 0.359 e. The van der Waals surface area contributed by atoms with E-state index < -0.39 is 0 Å².